The van der Waals surface area contributed by atoms with Crippen LogP contribution in [0, 0.1) is 0 Å². The third-order valence-electron chi connectivity index (χ3n) is 2.00. The highest BCUT2D eigenvalue weighted by molar-refractivity contribution is 7.98. The zero-order chi connectivity index (χ0) is 8.06. The van der Waals surface area contributed by atoms with Crippen LogP contribution in [0.15, 0.2) is 0 Å². The maximum Gasteiger partial charge on any atom is 0.218 e. The third-order valence-corrected chi connectivity index (χ3v) is 3.99. The van der Waals surface area contributed by atoms with Gasteiger partial charge in [0.15, 0.2) is 16.6 Å². The summed E-state index contributed by atoms with van der Waals surface area (Å²) in [6.45, 7) is 0. The molecule has 2 saturated heterocycles. The highest BCUT2D eigenvalue weighted by Crippen LogP contribution is 2.20. The molecule has 3 N–H and O–H groups in total. The van der Waals surface area contributed by atoms with E-state index < -0.39 is 10.2 Å². The first-order chi connectivity index (χ1) is 5.07. The van der Waals surface area contributed by atoms with Crippen molar-refractivity contribution in [2.75, 3.05) is 11.5 Å². The van der Waals surface area contributed by atoms with Gasteiger partial charge in [-0.3, -0.25) is 0 Å². The van der Waals surface area contributed by atoms with E-state index in [1.165, 1.54) is 0 Å². The SMILES string of the molecule is O=[S+]1(O)C[C@@H]2NC(=S)N[C@@H]2C1. The standard InChI is InChI=1S/C5H8N2O2S2/c8-11(9)1-3-4(2-11)7-5(10)6-3/h3-4H,1-2H2,(H2-,6,7,8,9,10)/p+1/t3-,4+. The second-order valence-electron chi connectivity index (χ2n) is 2.94. The third kappa shape index (κ3) is 1.25. The number of rotatable bonds is 0. The lowest BCUT2D eigenvalue weighted by Gasteiger charge is -1.99. The molecule has 0 aromatic heterocycles. The summed E-state index contributed by atoms with van der Waals surface area (Å²) in [6, 6.07) is 0.139. The Kier molecular flexibility index (Phi) is 1.45. The van der Waals surface area contributed by atoms with Gasteiger partial charge in [-0.25, -0.2) is 0 Å². The molecule has 0 aromatic rings. The molecule has 0 radical (unpaired) electrons. The minimum Gasteiger partial charge on any atom is -0.353 e. The maximum absolute atomic E-state index is 11.1. The summed E-state index contributed by atoms with van der Waals surface area (Å²) in [5, 5.41) is 6.51. The molecule has 0 saturated carbocycles. The first-order valence-corrected chi connectivity index (χ1v) is 5.62. The fourth-order valence-electron chi connectivity index (χ4n) is 1.52. The van der Waals surface area contributed by atoms with E-state index in [0.717, 1.165) is 0 Å². The highest BCUT2D eigenvalue weighted by atomic mass is 32.3. The van der Waals surface area contributed by atoms with Crippen LogP contribution in [0.1, 0.15) is 0 Å². The Morgan fingerprint density at radius 1 is 1.45 bits per heavy atom. The molecule has 1 unspecified atom stereocenters. The van der Waals surface area contributed by atoms with Gasteiger partial charge in [0.1, 0.15) is 12.1 Å². The van der Waals surface area contributed by atoms with E-state index in [2.05, 4.69) is 10.6 Å². The van der Waals surface area contributed by atoms with Crippen LogP contribution in [0.5, 0.6) is 0 Å². The minimum atomic E-state index is -2.56. The molecule has 3 atom stereocenters. The first kappa shape index (κ1) is 7.45. The Morgan fingerprint density at radius 2 is 1.91 bits per heavy atom. The van der Waals surface area contributed by atoms with Crippen LogP contribution in [-0.2, 0) is 14.4 Å². The average Bonchev–Trinajstić information content (AvgIpc) is 2.17. The van der Waals surface area contributed by atoms with Crippen LogP contribution >= 0.6 is 12.2 Å². The molecular weight excluding hydrogens is 184 g/mol. The van der Waals surface area contributed by atoms with Crippen LogP contribution in [-0.4, -0.2) is 33.3 Å². The minimum absolute atomic E-state index is 0.0694. The molecule has 6 heteroatoms. The molecule has 2 rings (SSSR count). The summed E-state index contributed by atoms with van der Waals surface area (Å²) in [4.78, 5) is 0. The van der Waals surface area contributed by atoms with Crippen molar-refractivity contribution in [1.82, 2.24) is 10.6 Å². The lowest BCUT2D eigenvalue weighted by Crippen LogP contribution is -2.31. The second kappa shape index (κ2) is 2.15. The Morgan fingerprint density at radius 3 is 2.36 bits per heavy atom. The van der Waals surface area contributed by atoms with Gasteiger partial charge in [-0.15, -0.1) is 0 Å². The largest absolute Gasteiger partial charge is 0.353 e. The van der Waals surface area contributed by atoms with Crippen molar-refractivity contribution in [2.45, 2.75) is 12.1 Å². The van der Waals surface area contributed by atoms with E-state index >= 15 is 0 Å². The van der Waals surface area contributed by atoms with E-state index in [1.54, 1.807) is 0 Å². The molecule has 2 aliphatic heterocycles. The van der Waals surface area contributed by atoms with Gasteiger partial charge in [0.05, 0.1) is 0 Å². The highest BCUT2D eigenvalue weighted by Gasteiger charge is 2.50. The lowest BCUT2D eigenvalue weighted by atomic mass is 10.2. The summed E-state index contributed by atoms with van der Waals surface area (Å²) < 4.78 is 20.3. The van der Waals surface area contributed by atoms with E-state index in [-0.39, 0.29) is 12.1 Å². The van der Waals surface area contributed by atoms with Gasteiger partial charge in [-0.05, 0) is 12.2 Å². The molecule has 4 nitrogen and oxygen atoms in total. The molecule has 2 fully saturated rings. The quantitative estimate of drug-likeness (QED) is 0.347. The summed E-state index contributed by atoms with van der Waals surface area (Å²) in [5.41, 5.74) is 0. The molecule has 0 amide bonds. The molecule has 2 heterocycles. The van der Waals surface area contributed by atoms with Crippen molar-refractivity contribution in [3.63, 3.8) is 0 Å². The van der Waals surface area contributed by atoms with Crippen molar-refractivity contribution >= 4 is 27.5 Å². The zero-order valence-corrected chi connectivity index (χ0v) is 7.37. The fraction of sp³-hybridized carbons (Fsp3) is 0.800. The normalized spacial score (nSPS) is 48.3. The van der Waals surface area contributed by atoms with Crippen LogP contribution in [0.3, 0.4) is 0 Å². The Bertz CT molecular complexity index is 235. The maximum atomic E-state index is 11.1. The van der Waals surface area contributed by atoms with Gasteiger partial charge in [0.25, 0.3) is 0 Å². The Balaban J connectivity index is 2.15. The molecule has 2 aliphatic rings. The van der Waals surface area contributed by atoms with Crippen LogP contribution in [0.25, 0.3) is 0 Å². The average molecular weight is 193 g/mol. The monoisotopic (exact) mass is 193 g/mol. The van der Waals surface area contributed by atoms with Gasteiger partial charge >= 0.3 is 0 Å². The Hall–Kier alpha value is -0.200. The number of nitrogens with one attached hydrogen (secondary N) is 2. The number of thiocarbonyl (C=S) groups is 1. The van der Waals surface area contributed by atoms with Crippen LogP contribution in [0.4, 0.5) is 0 Å². The summed E-state index contributed by atoms with van der Waals surface area (Å²) >= 11 is 4.85. The van der Waals surface area contributed by atoms with E-state index in [9.17, 15) is 8.76 Å². The summed E-state index contributed by atoms with van der Waals surface area (Å²) in [7, 11) is -2.56. The van der Waals surface area contributed by atoms with Crippen molar-refractivity contribution < 1.29 is 8.76 Å². The molecule has 0 aliphatic carbocycles. The summed E-state index contributed by atoms with van der Waals surface area (Å²) in [5.74, 6) is 0.648. The van der Waals surface area contributed by atoms with Crippen LogP contribution < -0.4 is 10.6 Å². The molecule has 0 aromatic carbocycles. The van der Waals surface area contributed by atoms with E-state index in [0.29, 0.717) is 16.6 Å². The number of hydrogen-bond donors (Lipinski definition) is 3. The smallest absolute Gasteiger partial charge is 0.218 e. The number of fused-ring (bicyclic) bond motifs is 1. The fourth-order valence-corrected chi connectivity index (χ4v) is 3.72. The lowest BCUT2D eigenvalue weighted by molar-refractivity contribution is 0.502. The second-order valence-corrected chi connectivity index (χ2v) is 5.56. The predicted octanol–water partition coefficient (Wildman–Crippen LogP) is -0.813. The molecule has 62 valence electrons. The van der Waals surface area contributed by atoms with E-state index in [4.69, 9.17) is 12.2 Å². The van der Waals surface area contributed by atoms with Crippen molar-refractivity contribution in [1.29, 1.82) is 0 Å². The van der Waals surface area contributed by atoms with Crippen molar-refractivity contribution in [3.8, 4) is 0 Å². The predicted molar refractivity (Wildman–Crippen MR) is 46.9 cm³/mol. The van der Waals surface area contributed by atoms with Gasteiger partial charge in [0, 0.05) is 0 Å². The summed E-state index contributed by atoms with van der Waals surface area (Å²) in [6.07, 6.45) is 0. The first-order valence-electron chi connectivity index (χ1n) is 3.36. The molecule has 11 heavy (non-hydrogen) atoms. The van der Waals surface area contributed by atoms with Gasteiger partial charge in [-0.2, -0.15) is 4.55 Å². The van der Waals surface area contributed by atoms with Gasteiger partial charge < -0.3 is 10.6 Å². The Labute approximate surface area is 71.0 Å². The van der Waals surface area contributed by atoms with Gasteiger partial charge in [0.2, 0.25) is 10.2 Å². The molecule has 0 bridgehead atoms. The van der Waals surface area contributed by atoms with Crippen molar-refractivity contribution in [2.24, 2.45) is 0 Å². The molecular formula is C5H9N2O2S2+. The molecule has 0 spiro atoms. The zero-order valence-electron chi connectivity index (χ0n) is 5.74. The topological polar surface area (TPSA) is 61.4 Å². The van der Waals surface area contributed by atoms with Crippen molar-refractivity contribution in [3.05, 3.63) is 0 Å². The van der Waals surface area contributed by atoms with E-state index in [1.807, 2.05) is 0 Å². The number of hydrogen-bond acceptors (Lipinski definition) is 2. The van der Waals surface area contributed by atoms with Gasteiger partial charge in [-0.1, -0.05) is 4.21 Å². The van der Waals surface area contributed by atoms with Crippen LogP contribution in [0.2, 0.25) is 0 Å².